The molecule has 0 spiro atoms. The molecule has 2 N–H and O–H groups in total. The van der Waals surface area contributed by atoms with Gasteiger partial charge in [0.05, 0.1) is 11.9 Å². The number of unbranched alkanes of at least 4 members (excludes halogenated alkanes) is 1. The molecule has 0 aromatic heterocycles. The first-order chi connectivity index (χ1) is 7.04. The molecule has 84 valence electrons. The molecule has 0 aliphatic heterocycles. The summed E-state index contributed by atoms with van der Waals surface area (Å²) < 4.78 is 16.3. The fourth-order valence-electron chi connectivity index (χ4n) is 1.09. The van der Waals surface area contributed by atoms with Crippen molar-refractivity contribution in [1.82, 2.24) is 0 Å². The minimum absolute atomic E-state index is 0.00324. The Hall–Kier alpha value is -0.830. The minimum Gasteiger partial charge on any atom is -0.494 e. The highest BCUT2D eigenvalue weighted by atomic mass is 31.2. The van der Waals surface area contributed by atoms with Crippen molar-refractivity contribution in [2.75, 3.05) is 6.61 Å². The standard InChI is InChI=1S/C10H15O4P/c1-2-3-7-14-9-5-4-6-10(8-9)15(11,12)13/h4-6,8H,2-3,7H2,1H3,(H2,11,12,13). The van der Waals surface area contributed by atoms with Crippen molar-refractivity contribution < 1.29 is 19.1 Å². The summed E-state index contributed by atoms with van der Waals surface area (Å²) in [6.45, 7) is 2.62. The molecule has 0 fully saturated rings. The number of benzene rings is 1. The van der Waals surface area contributed by atoms with Crippen LogP contribution in [-0.2, 0) is 4.57 Å². The van der Waals surface area contributed by atoms with Crippen LogP contribution in [0.15, 0.2) is 24.3 Å². The van der Waals surface area contributed by atoms with E-state index in [9.17, 15) is 4.57 Å². The lowest BCUT2D eigenvalue weighted by atomic mass is 10.3. The summed E-state index contributed by atoms with van der Waals surface area (Å²) in [6.07, 6.45) is 1.96. The smallest absolute Gasteiger partial charge is 0.356 e. The van der Waals surface area contributed by atoms with Crippen LogP contribution < -0.4 is 10.0 Å². The molecule has 0 saturated carbocycles. The third-order valence-corrected chi connectivity index (χ3v) is 2.87. The van der Waals surface area contributed by atoms with Gasteiger partial charge in [0.1, 0.15) is 5.75 Å². The van der Waals surface area contributed by atoms with Crippen molar-refractivity contribution in [3.05, 3.63) is 24.3 Å². The van der Waals surface area contributed by atoms with Gasteiger partial charge < -0.3 is 14.5 Å². The van der Waals surface area contributed by atoms with E-state index in [-0.39, 0.29) is 5.30 Å². The van der Waals surface area contributed by atoms with Gasteiger partial charge >= 0.3 is 7.60 Å². The van der Waals surface area contributed by atoms with Crippen molar-refractivity contribution in [2.45, 2.75) is 19.8 Å². The number of hydrogen-bond acceptors (Lipinski definition) is 2. The Bertz CT molecular complexity index is 358. The Morgan fingerprint density at radius 3 is 2.73 bits per heavy atom. The Morgan fingerprint density at radius 1 is 1.40 bits per heavy atom. The summed E-state index contributed by atoms with van der Waals surface area (Å²) in [5.74, 6) is 0.504. The third-order valence-electron chi connectivity index (χ3n) is 1.92. The molecule has 1 aromatic rings. The number of ether oxygens (including phenoxy) is 1. The van der Waals surface area contributed by atoms with Crippen LogP contribution in [0.2, 0.25) is 0 Å². The number of hydrogen-bond donors (Lipinski definition) is 2. The largest absolute Gasteiger partial charge is 0.494 e. The van der Waals surface area contributed by atoms with E-state index in [4.69, 9.17) is 14.5 Å². The predicted molar refractivity (Wildman–Crippen MR) is 58.5 cm³/mol. The SMILES string of the molecule is CCCCOc1cccc(P(=O)(O)O)c1. The highest BCUT2D eigenvalue weighted by Gasteiger charge is 2.16. The Kier molecular flexibility index (Phi) is 4.33. The van der Waals surface area contributed by atoms with Gasteiger partial charge in [0.25, 0.3) is 0 Å². The topological polar surface area (TPSA) is 66.8 Å². The molecule has 0 radical (unpaired) electrons. The van der Waals surface area contributed by atoms with Crippen LogP contribution in [0, 0.1) is 0 Å². The fraction of sp³-hybridized carbons (Fsp3) is 0.400. The summed E-state index contributed by atoms with van der Waals surface area (Å²) in [6, 6.07) is 6.05. The van der Waals surface area contributed by atoms with Crippen LogP contribution in [0.25, 0.3) is 0 Å². The van der Waals surface area contributed by atoms with Crippen molar-refractivity contribution in [2.24, 2.45) is 0 Å². The number of rotatable bonds is 5. The zero-order valence-electron chi connectivity index (χ0n) is 8.59. The van der Waals surface area contributed by atoms with E-state index < -0.39 is 7.60 Å². The quantitative estimate of drug-likeness (QED) is 0.596. The highest BCUT2D eigenvalue weighted by Crippen LogP contribution is 2.34. The van der Waals surface area contributed by atoms with E-state index in [0.29, 0.717) is 12.4 Å². The van der Waals surface area contributed by atoms with Crippen molar-refractivity contribution >= 4 is 12.9 Å². The van der Waals surface area contributed by atoms with Gasteiger partial charge in [0.2, 0.25) is 0 Å². The molecule has 0 unspecified atom stereocenters. The van der Waals surface area contributed by atoms with Gasteiger partial charge in [-0.15, -0.1) is 0 Å². The Morgan fingerprint density at radius 2 is 2.13 bits per heavy atom. The Labute approximate surface area is 89.1 Å². The van der Waals surface area contributed by atoms with Gasteiger partial charge in [-0.2, -0.15) is 0 Å². The summed E-state index contributed by atoms with van der Waals surface area (Å²) >= 11 is 0. The molecule has 1 rings (SSSR count). The molecule has 0 bridgehead atoms. The monoisotopic (exact) mass is 230 g/mol. The highest BCUT2D eigenvalue weighted by molar-refractivity contribution is 7.60. The van der Waals surface area contributed by atoms with Crippen LogP contribution in [0.4, 0.5) is 0 Å². The van der Waals surface area contributed by atoms with Crippen LogP contribution in [0.5, 0.6) is 5.75 Å². The van der Waals surface area contributed by atoms with E-state index in [0.717, 1.165) is 12.8 Å². The molecular weight excluding hydrogens is 215 g/mol. The lowest BCUT2D eigenvalue weighted by Crippen LogP contribution is -2.05. The summed E-state index contributed by atoms with van der Waals surface area (Å²) in [5.41, 5.74) is 0. The minimum atomic E-state index is -4.16. The van der Waals surface area contributed by atoms with Crippen LogP contribution in [0.1, 0.15) is 19.8 Å². The van der Waals surface area contributed by atoms with E-state index in [1.54, 1.807) is 12.1 Å². The maximum Gasteiger partial charge on any atom is 0.356 e. The molecule has 4 nitrogen and oxygen atoms in total. The lowest BCUT2D eigenvalue weighted by molar-refractivity contribution is 0.309. The summed E-state index contributed by atoms with van der Waals surface area (Å²) in [4.78, 5) is 17.9. The summed E-state index contributed by atoms with van der Waals surface area (Å²) in [5, 5.41) is -0.00324. The molecule has 5 heteroatoms. The second-order valence-electron chi connectivity index (χ2n) is 3.24. The second-order valence-corrected chi connectivity index (χ2v) is 4.85. The Balaban J connectivity index is 2.71. The van der Waals surface area contributed by atoms with Gasteiger partial charge in [0, 0.05) is 0 Å². The first-order valence-electron chi connectivity index (χ1n) is 4.83. The molecular formula is C10H15O4P. The maximum atomic E-state index is 11.0. The first kappa shape index (κ1) is 12.2. The zero-order chi connectivity index (χ0) is 11.3. The van der Waals surface area contributed by atoms with E-state index in [1.807, 2.05) is 0 Å². The average Bonchev–Trinajstić information content (AvgIpc) is 2.17. The van der Waals surface area contributed by atoms with E-state index in [2.05, 4.69) is 6.92 Å². The van der Waals surface area contributed by atoms with Crippen molar-refractivity contribution in [1.29, 1.82) is 0 Å². The zero-order valence-corrected chi connectivity index (χ0v) is 9.48. The van der Waals surface area contributed by atoms with Crippen LogP contribution in [0.3, 0.4) is 0 Å². The molecule has 0 aliphatic carbocycles. The normalized spacial score (nSPS) is 11.4. The van der Waals surface area contributed by atoms with Crippen molar-refractivity contribution in [3.8, 4) is 5.75 Å². The van der Waals surface area contributed by atoms with Crippen molar-refractivity contribution in [3.63, 3.8) is 0 Å². The molecule has 0 atom stereocenters. The van der Waals surface area contributed by atoms with Crippen LogP contribution >= 0.6 is 7.60 Å². The maximum absolute atomic E-state index is 11.0. The van der Waals surface area contributed by atoms with E-state index in [1.165, 1.54) is 12.1 Å². The predicted octanol–water partition coefficient (Wildman–Crippen LogP) is 1.67. The summed E-state index contributed by atoms with van der Waals surface area (Å²) in [7, 11) is -4.16. The second kappa shape index (κ2) is 5.31. The third kappa shape index (κ3) is 4.04. The average molecular weight is 230 g/mol. The fourth-order valence-corrected chi connectivity index (χ4v) is 1.66. The van der Waals surface area contributed by atoms with E-state index >= 15 is 0 Å². The molecule has 0 heterocycles. The van der Waals surface area contributed by atoms with Gasteiger partial charge in [-0.25, -0.2) is 0 Å². The van der Waals surface area contributed by atoms with Gasteiger partial charge in [0.15, 0.2) is 0 Å². The van der Waals surface area contributed by atoms with Gasteiger partial charge in [-0.05, 0) is 24.6 Å². The first-order valence-corrected chi connectivity index (χ1v) is 6.44. The van der Waals surface area contributed by atoms with Gasteiger partial charge in [-0.1, -0.05) is 19.4 Å². The molecule has 0 saturated heterocycles. The van der Waals surface area contributed by atoms with Gasteiger partial charge in [-0.3, -0.25) is 4.57 Å². The lowest BCUT2D eigenvalue weighted by Gasteiger charge is -2.08. The molecule has 15 heavy (non-hydrogen) atoms. The molecule has 1 aromatic carbocycles. The molecule has 0 aliphatic rings. The van der Waals surface area contributed by atoms with Crippen LogP contribution in [-0.4, -0.2) is 16.4 Å². The molecule has 0 amide bonds.